The van der Waals surface area contributed by atoms with Crippen molar-refractivity contribution >= 4 is 107 Å². The van der Waals surface area contributed by atoms with E-state index in [1.54, 1.807) is 104 Å². The van der Waals surface area contributed by atoms with Crippen molar-refractivity contribution in [1.29, 1.82) is 0 Å². The lowest BCUT2D eigenvalue weighted by atomic mass is 10.2. The number of esters is 6. The maximum Gasteiger partial charge on any atom is 0.308 e. The highest BCUT2D eigenvalue weighted by molar-refractivity contribution is 5.73. The molecule has 0 aliphatic heterocycles. The summed E-state index contributed by atoms with van der Waals surface area (Å²) < 4.78 is 33.0. The summed E-state index contributed by atoms with van der Waals surface area (Å²) in [4.78, 5) is 159. The van der Waals surface area contributed by atoms with Crippen LogP contribution < -0.4 is 70.0 Å². The van der Waals surface area contributed by atoms with Crippen LogP contribution >= 0.6 is 0 Å². The van der Waals surface area contributed by atoms with E-state index < -0.39 is 45.5 Å². The number of nitrogens with one attached hydrogen (secondary N) is 11. The minimum atomic E-state index is -0.675. The van der Waals surface area contributed by atoms with Gasteiger partial charge in [0, 0.05) is 111 Å². The molecule has 0 spiro atoms. The molecule has 43 heteroatoms. The molecular weight excluding hydrogens is 1560 g/mol. The Balaban J connectivity index is 1.12. The number of carbonyl (C=O) groups is 6. The van der Waals surface area contributed by atoms with Crippen molar-refractivity contribution in [2.45, 2.75) is 274 Å². The molecule has 6 aromatic heterocycles. The first-order chi connectivity index (χ1) is 56.9. The highest BCUT2D eigenvalue weighted by Gasteiger charge is 2.24. The van der Waals surface area contributed by atoms with E-state index in [9.17, 15) is 28.8 Å². The van der Waals surface area contributed by atoms with E-state index in [1.807, 2.05) is 20.8 Å². The zero-order valence-electron chi connectivity index (χ0n) is 73.8. The minimum absolute atomic E-state index is 0.0281. The van der Waals surface area contributed by atoms with Gasteiger partial charge in [-0.2, -0.15) is 89.7 Å². The molecule has 668 valence electrons. The largest absolute Gasteiger partial charge is 0.460 e. The van der Waals surface area contributed by atoms with E-state index in [-0.39, 0.29) is 149 Å². The lowest BCUT2D eigenvalue weighted by Gasteiger charge is -2.19. The molecule has 0 saturated heterocycles. The van der Waals surface area contributed by atoms with E-state index in [2.05, 4.69) is 113 Å². The molecule has 0 bridgehead atoms. The molecular formula is C78H129N31O12. The predicted octanol–water partition coefficient (Wildman–Crippen LogP) is 7.36. The fourth-order valence-electron chi connectivity index (χ4n) is 10.6. The lowest BCUT2D eigenvalue weighted by molar-refractivity contribution is -0.155. The van der Waals surface area contributed by atoms with Crippen LogP contribution in [0.2, 0.25) is 0 Å². The first-order valence-corrected chi connectivity index (χ1v) is 41.3. The molecule has 121 heavy (non-hydrogen) atoms. The van der Waals surface area contributed by atoms with Crippen molar-refractivity contribution in [2.75, 3.05) is 143 Å². The Morgan fingerprint density at radius 3 is 0.537 bits per heavy atom. The van der Waals surface area contributed by atoms with E-state index in [0.717, 1.165) is 0 Å². The Bertz CT molecular complexity index is 4280. The second-order valence-corrected chi connectivity index (χ2v) is 34.1. The highest BCUT2D eigenvalue weighted by Crippen LogP contribution is 2.20. The van der Waals surface area contributed by atoms with Crippen LogP contribution in [-0.2, 0) is 95.7 Å². The van der Waals surface area contributed by atoms with Crippen molar-refractivity contribution in [1.82, 2.24) is 89.7 Å². The van der Waals surface area contributed by atoms with Gasteiger partial charge in [-0.3, -0.25) is 28.8 Å². The van der Waals surface area contributed by atoms with Gasteiger partial charge in [-0.05, 0) is 170 Å². The first kappa shape index (κ1) is 98.3. The van der Waals surface area contributed by atoms with Gasteiger partial charge >= 0.3 is 35.8 Å². The molecule has 15 N–H and O–H groups in total. The van der Waals surface area contributed by atoms with Gasteiger partial charge in [0.05, 0.1) is 38.5 Å². The van der Waals surface area contributed by atoms with Gasteiger partial charge in [-0.25, -0.2) is 0 Å². The van der Waals surface area contributed by atoms with Gasteiger partial charge in [-0.15, -0.1) is 0 Å². The molecule has 6 aromatic rings. The van der Waals surface area contributed by atoms with Gasteiger partial charge in [0.25, 0.3) is 0 Å². The van der Waals surface area contributed by atoms with Gasteiger partial charge in [0.15, 0.2) is 0 Å². The van der Waals surface area contributed by atoms with Crippen molar-refractivity contribution in [2.24, 2.45) is 5.73 Å². The zero-order valence-corrected chi connectivity index (χ0v) is 73.8. The summed E-state index contributed by atoms with van der Waals surface area (Å²) >= 11 is 0. The molecule has 0 saturated carbocycles. The number of nitrogen functional groups attached to an aromatic ring is 1. The minimum Gasteiger partial charge on any atom is -0.460 e. The van der Waals surface area contributed by atoms with Crippen LogP contribution in [0, 0.1) is 0 Å². The number of rotatable bonds is 52. The van der Waals surface area contributed by atoms with Crippen molar-refractivity contribution in [3.05, 3.63) is 34.9 Å². The van der Waals surface area contributed by atoms with E-state index in [1.165, 1.54) is 0 Å². The lowest BCUT2D eigenvalue weighted by Crippen LogP contribution is -2.25. The summed E-state index contributed by atoms with van der Waals surface area (Å²) in [5.74, 6) is 3.61. The Hall–Kier alpha value is -11.6. The van der Waals surface area contributed by atoms with Crippen LogP contribution in [0.15, 0.2) is 0 Å². The van der Waals surface area contributed by atoms with Crippen molar-refractivity contribution in [3.63, 3.8) is 0 Å². The third-order valence-electron chi connectivity index (χ3n) is 15.2. The number of aryl methyl sites for hydroxylation is 6. The van der Waals surface area contributed by atoms with Crippen LogP contribution in [0.1, 0.15) is 237 Å². The average molecular weight is 1690 g/mol. The van der Waals surface area contributed by atoms with Crippen LogP contribution in [0.25, 0.3) is 0 Å². The Morgan fingerprint density at radius 2 is 0.372 bits per heavy atom. The topological polar surface area (TPSA) is 574 Å². The third-order valence-corrected chi connectivity index (χ3v) is 15.2. The number of nitrogens with zero attached hydrogens (tertiary/aromatic N) is 18. The van der Waals surface area contributed by atoms with E-state index in [0.29, 0.717) is 175 Å². The number of anilines is 12. The SMILES string of the molecule is CC(C)(C)OC(=O)CCNc1nc(N)nc(CCCNc2nc(CCCNc3nc(CCCNc4nc(CCCNc5nc(CCCNc6nc(CCCN)nc(NCCC(=O)OC(C)(C)C)n6)nc(NCCC(=O)OC(C)(C)C)n5)nc(NCCC(=O)OC(C)(C)C)n4)nc(NCCC(=O)OC(C)(C)C)n3)nc(NCCC(=O)OC(C)(C)C)n2)n1. The summed E-state index contributed by atoms with van der Waals surface area (Å²) in [5.41, 5.74) is 7.97. The molecule has 0 aliphatic carbocycles. The first-order valence-electron chi connectivity index (χ1n) is 41.3. The maximum absolute atomic E-state index is 12.8. The predicted molar refractivity (Wildman–Crippen MR) is 459 cm³/mol. The van der Waals surface area contributed by atoms with Crippen LogP contribution in [0.3, 0.4) is 0 Å². The number of hydrogen-bond acceptors (Lipinski definition) is 43. The van der Waals surface area contributed by atoms with E-state index in [4.69, 9.17) is 74.8 Å². The number of aromatic nitrogens is 18. The monoisotopic (exact) mass is 1690 g/mol. The molecule has 0 unspecified atom stereocenters. The third kappa shape index (κ3) is 44.9. The quantitative estimate of drug-likeness (QED) is 0.0101. The van der Waals surface area contributed by atoms with Crippen LogP contribution in [0.4, 0.5) is 71.4 Å². The van der Waals surface area contributed by atoms with Gasteiger partial charge in [0.2, 0.25) is 71.4 Å². The molecule has 0 radical (unpaired) electrons. The Morgan fingerprint density at radius 1 is 0.223 bits per heavy atom. The normalized spacial score (nSPS) is 11.8. The molecule has 0 aliphatic rings. The molecule has 0 amide bonds. The molecule has 0 fully saturated rings. The van der Waals surface area contributed by atoms with E-state index >= 15 is 0 Å². The summed E-state index contributed by atoms with van der Waals surface area (Å²) in [5, 5.41) is 35.3. The fraction of sp³-hybridized carbons (Fsp3) is 0.692. The summed E-state index contributed by atoms with van der Waals surface area (Å²) in [6, 6.07) is 0. The Labute approximate surface area is 708 Å². The maximum atomic E-state index is 12.8. The molecule has 43 nitrogen and oxygen atoms in total. The Kier molecular flexibility index (Phi) is 39.0. The van der Waals surface area contributed by atoms with Gasteiger partial charge in [-0.1, -0.05) is 0 Å². The van der Waals surface area contributed by atoms with Crippen LogP contribution in [0.5, 0.6) is 0 Å². The van der Waals surface area contributed by atoms with Crippen LogP contribution in [-0.4, -0.2) is 238 Å². The van der Waals surface area contributed by atoms with Crippen molar-refractivity contribution in [3.8, 4) is 0 Å². The summed E-state index contributed by atoms with van der Waals surface area (Å²) in [6.07, 6.45) is 6.20. The summed E-state index contributed by atoms with van der Waals surface area (Å²) in [7, 11) is 0. The molecule has 6 heterocycles. The van der Waals surface area contributed by atoms with Crippen molar-refractivity contribution < 1.29 is 57.2 Å². The smallest absolute Gasteiger partial charge is 0.308 e. The number of carbonyl (C=O) groups excluding carboxylic acids is 6. The highest BCUT2D eigenvalue weighted by atomic mass is 16.6. The fourth-order valence-corrected chi connectivity index (χ4v) is 10.6. The van der Waals surface area contributed by atoms with Gasteiger partial charge in [0.1, 0.15) is 68.6 Å². The number of nitrogens with two attached hydrogens (primary N) is 2. The standard InChI is InChI=1S/C78H129N31O12/c1-73(2,3)116-55(110)31-43-86-62-93-49(92-61(80)104-62)26-20-38-81-64-96-51(100-69(106-64)88-45-33-57(112)118-75(7,8)9)28-22-40-83-66-98-53(102-71(108-66)90-47-35-59(114)120-77(13,14)15)30-24-42-85-67-99-54(103-72(109-67)91-48-36-60(115)121-78(16,17)18)29-23-41-84-65-97-52(101-70(107-65)89-46-34-58(113)119-76(10,11)12)27-21-39-82-63-94-50(25-19-37-79)95-68(105-63)87-44-32-56(111)117-74(4,5)6/h19-48,79H2,1-18H3,(H3,80,86,92,93,104)(H2,81,88,96,100,106)(H2,82,87,94,95,105)(H2,83,90,98,102,108)(H2,84,89,97,101,107)(H2,85,91,99,103,109). The second-order valence-electron chi connectivity index (χ2n) is 34.1. The van der Waals surface area contributed by atoms with Gasteiger partial charge < -0.3 is 98.4 Å². The molecule has 0 aromatic carbocycles. The second kappa shape index (κ2) is 48.0. The zero-order chi connectivity index (χ0) is 88.8. The molecule has 6 rings (SSSR count). The number of hydrogen-bond donors (Lipinski definition) is 13. The molecule has 0 atom stereocenters. The number of ether oxygens (including phenoxy) is 6. The summed E-state index contributed by atoms with van der Waals surface area (Å²) in [6.45, 7) is 36.1. The average Bonchev–Trinajstić information content (AvgIpc) is 0.871.